The molecule has 1 saturated heterocycles. The molecule has 0 bridgehead atoms. The summed E-state index contributed by atoms with van der Waals surface area (Å²) in [6.45, 7) is 5.89. The smallest absolute Gasteiger partial charge is 0.344 e. The van der Waals surface area contributed by atoms with Crippen molar-refractivity contribution in [2.45, 2.75) is 62.8 Å². The van der Waals surface area contributed by atoms with Gasteiger partial charge in [0.1, 0.15) is 5.75 Å². The summed E-state index contributed by atoms with van der Waals surface area (Å²) in [5, 5.41) is 16.1. The zero-order valence-corrected chi connectivity index (χ0v) is 20.2. The van der Waals surface area contributed by atoms with Gasteiger partial charge in [-0.2, -0.15) is 0 Å². The number of esters is 2. The van der Waals surface area contributed by atoms with Gasteiger partial charge in [-0.1, -0.05) is 25.1 Å². The van der Waals surface area contributed by atoms with Crippen molar-refractivity contribution in [2.24, 2.45) is 5.41 Å². The number of fused-ring (bicyclic) bond motifs is 1. The number of ether oxygens (including phenoxy) is 3. The van der Waals surface area contributed by atoms with Crippen LogP contribution in [0.5, 0.6) is 5.75 Å². The molecule has 3 aliphatic rings. The number of carbonyl (C=O) groups is 2. The van der Waals surface area contributed by atoms with Gasteiger partial charge in [-0.3, -0.25) is 4.79 Å². The first-order valence-corrected chi connectivity index (χ1v) is 11.5. The molecule has 8 nitrogen and oxygen atoms in total. The van der Waals surface area contributed by atoms with E-state index in [-0.39, 0.29) is 6.04 Å². The van der Waals surface area contributed by atoms with Crippen molar-refractivity contribution in [1.82, 2.24) is 5.32 Å². The largest absolute Gasteiger partial charge is 0.497 e. The van der Waals surface area contributed by atoms with Gasteiger partial charge in [-0.15, -0.1) is 0 Å². The SMILES string of the molecule is C/C=C\[C@]1(CC)C2NCCC23c2ccc(OC)cc2N(C)C3[C@@](O)(C(=O)OC)C1OC(C)=O. The predicted molar refractivity (Wildman–Crippen MR) is 123 cm³/mol. The standard InChI is InChI=1S/C25H34N2O6/c1-7-11-23(8-2)19-24(12-13-26-19)17-10-9-16(31-5)14-18(17)27(4)20(24)25(30,22(29)32-6)21(23)33-15(3)28/h7,9-11,14,19-21,26,30H,8,12-13H2,1-6H3/b11-7-/t19?,20?,21?,23-,24?,25+/m1/s1. The summed E-state index contributed by atoms with van der Waals surface area (Å²) >= 11 is 0. The Kier molecular flexibility index (Phi) is 5.73. The van der Waals surface area contributed by atoms with Gasteiger partial charge in [0.25, 0.3) is 0 Å². The van der Waals surface area contributed by atoms with Crippen LogP contribution in [0.25, 0.3) is 0 Å². The van der Waals surface area contributed by atoms with Gasteiger partial charge in [0.05, 0.1) is 20.3 Å². The van der Waals surface area contributed by atoms with E-state index in [0.29, 0.717) is 25.1 Å². The molecule has 1 aromatic rings. The quantitative estimate of drug-likeness (QED) is 0.510. The number of hydrogen-bond donors (Lipinski definition) is 2. The molecule has 2 heterocycles. The number of likely N-dealkylation sites (N-methyl/N-ethyl adjacent to an activating group) is 1. The first kappa shape index (κ1) is 23.6. The number of anilines is 1. The molecular weight excluding hydrogens is 424 g/mol. The van der Waals surface area contributed by atoms with Crippen LogP contribution in [-0.2, 0) is 24.5 Å². The van der Waals surface area contributed by atoms with E-state index >= 15 is 0 Å². The number of nitrogens with zero attached hydrogens (tertiary/aromatic N) is 1. The average Bonchev–Trinajstić information content (AvgIpc) is 3.35. The topological polar surface area (TPSA) is 97.3 Å². The van der Waals surface area contributed by atoms with Crippen molar-refractivity contribution in [3.05, 3.63) is 35.9 Å². The molecule has 4 rings (SSSR count). The molecule has 2 N–H and O–H groups in total. The number of allylic oxidation sites excluding steroid dienone is 1. The molecular formula is C25H34N2O6. The van der Waals surface area contributed by atoms with Crippen LogP contribution in [0.4, 0.5) is 5.69 Å². The maximum atomic E-state index is 13.5. The van der Waals surface area contributed by atoms with Crippen molar-refractivity contribution < 1.29 is 28.9 Å². The lowest BCUT2D eigenvalue weighted by Crippen LogP contribution is -2.80. The van der Waals surface area contributed by atoms with Crippen LogP contribution >= 0.6 is 0 Å². The third kappa shape index (κ3) is 2.83. The maximum Gasteiger partial charge on any atom is 0.344 e. The maximum absolute atomic E-state index is 13.5. The summed E-state index contributed by atoms with van der Waals surface area (Å²) in [4.78, 5) is 27.7. The highest BCUT2D eigenvalue weighted by Gasteiger charge is 2.78. The summed E-state index contributed by atoms with van der Waals surface area (Å²) in [5.74, 6) is -0.682. The van der Waals surface area contributed by atoms with Gasteiger partial charge in [0, 0.05) is 42.6 Å². The fourth-order valence-electron chi connectivity index (χ4n) is 7.10. The zero-order chi connectivity index (χ0) is 24.2. The molecule has 0 amide bonds. The van der Waals surface area contributed by atoms with Crippen molar-refractivity contribution in [3.8, 4) is 5.75 Å². The molecule has 8 heteroatoms. The van der Waals surface area contributed by atoms with Gasteiger partial charge < -0.3 is 29.5 Å². The molecule has 4 unspecified atom stereocenters. The number of hydrogen-bond acceptors (Lipinski definition) is 8. The molecule has 6 atom stereocenters. The summed E-state index contributed by atoms with van der Waals surface area (Å²) in [6, 6.07) is 4.97. The Balaban J connectivity index is 2.10. The van der Waals surface area contributed by atoms with E-state index in [1.54, 1.807) is 7.11 Å². The van der Waals surface area contributed by atoms with E-state index in [4.69, 9.17) is 14.2 Å². The molecule has 1 aliphatic carbocycles. The van der Waals surface area contributed by atoms with Gasteiger partial charge in [-0.25, -0.2) is 4.79 Å². The van der Waals surface area contributed by atoms with E-state index in [1.807, 2.05) is 56.1 Å². The molecule has 0 aromatic heterocycles. The highest BCUT2D eigenvalue weighted by molar-refractivity contribution is 5.86. The zero-order valence-electron chi connectivity index (χ0n) is 20.2. The molecule has 0 radical (unpaired) electrons. The Labute approximate surface area is 194 Å². The molecule has 1 saturated carbocycles. The lowest BCUT2D eigenvalue weighted by Gasteiger charge is -2.61. The second kappa shape index (κ2) is 8.02. The van der Waals surface area contributed by atoms with Gasteiger partial charge in [0.15, 0.2) is 6.10 Å². The highest BCUT2D eigenvalue weighted by atomic mass is 16.6. The minimum absolute atomic E-state index is 0.192. The fraction of sp³-hybridized carbons (Fsp3) is 0.600. The van der Waals surface area contributed by atoms with E-state index in [1.165, 1.54) is 14.0 Å². The Morgan fingerprint density at radius 1 is 1.33 bits per heavy atom. The van der Waals surface area contributed by atoms with Crippen molar-refractivity contribution in [3.63, 3.8) is 0 Å². The minimum atomic E-state index is -2.11. The van der Waals surface area contributed by atoms with Crippen LogP contribution in [0.1, 0.15) is 39.2 Å². The second-order valence-electron chi connectivity index (χ2n) is 9.35. The number of benzene rings is 1. The lowest BCUT2D eigenvalue weighted by atomic mass is 9.48. The van der Waals surface area contributed by atoms with E-state index in [9.17, 15) is 14.7 Å². The monoisotopic (exact) mass is 458 g/mol. The normalized spacial score (nSPS) is 36.8. The lowest BCUT2D eigenvalue weighted by molar-refractivity contribution is -0.222. The molecule has 2 fully saturated rings. The van der Waals surface area contributed by atoms with Gasteiger partial charge >= 0.3 is 11.9 Å². The van der Waals surface area contributed by atoms with Crippen molar-refractivity contribution >= 4 is 17.6 Å². The third-order valence-electron chi connectivity index (χ3n) is 8.09. The highest BCUT2D eigenvalue weighted by Crippen LogP contribution is 2.64. The summed E-state index contributed by atoms with van der Waals surface area (Å²) in [7, 11) is 4.73. The van der Waals surface area contributed by atoms with E-state index < -0.39 is 40.5 Å². The van der Waals surface area contributed by atoms with Crippen LogP contribution in [0, 0.1) is 5.41 Å². The fourth-order valence-corrected chi connectivity index (χ4v) is 7.10. The van der Waals surface area contributed by atoms with Crippen molar-refractivity contribution in [1.29, 1.82) is 0 Å². The van der Waals surface area contributed by atoms with Crippen LogP contribution in [-0.4, -0.2) is 68.6 Å². The van der Waals surface area contributed by atoms with Gasteiger partial charge in [0.2, 0.25) is 5.60 Å². The Morgan fingerprint density at radius 3 is 2.64 bits per heavy atom. The first-order chi connectivity index (χ1) is 15.7. The summed E-state index contributed by atoms with van der Waals surface area (Å²) in [6.07, 6.45) is 3.98. The molecule has 2 aliphatic heterocycles. The average molecular weight is 459 g/mol. The van der Waals surface area contributed by atoms with Crippen molar-refractivity contribution in [2.75, 3.05) is 32.7 Å². The Morgan fingerprint density at radius 2 is 2.06 bits per heavy atom. The van der Waals surface area contributed by atoms with Crippen LogP contribution in [0.15, 0.2) is 30.4 Å². The number of aliphatic hydroxyl groups is 1. The third-order valence-corrected chi connectivity index (χ3v) is 8.09. The summed E-state index contributed by atoms with van der Waals surface area (Å²) < 4.78 is 16.5. The number of carbonyl (C=O) groups excluding carboxylic acids is 2. The van der Waals surface area contributed by atoms with E-state index in [2.05, 4.69) is 5.32 Å². The van der Waals surface area contributed by atoms with E-state index in [0.717, 1.165) is 11.3 Å². The van der Waals surface area contributed by atoms with Crippen LogP contribution in [0.3, 0.4) is 0 Å². The second-order valence-corrected chi connectivity index (χ2v) is 9.35. The number of nitrogens with one attached hydrogen (secondary N) is 1. The first-order valence-electron chi connectivity index (χ1n) is 11.5. The molecule has 1 aromatic carbocycles. The van der Waals surface area contributed by atoms with Crippen LogP contribution < -0.4 is 15.0 Å². The molecule has 33 heavy (non-hydrogen) atoms. The number of methoxy groups -OCH3 is 2. The minimum Gasteiger partial charge on any atom is -0.497 e. The van der Waals surface area contributed by atoms with Crippen LogP contribution in [0.2, 0.25) is 0 Å². The molecule has 180 valence electrons. The summed E-state index contributed by atoms with van der Waals surface area (Å²) in [5.41, 5.74) is -1.66. The Bertz CT molecular complexity index is 995. The van der Waals surface area contributed by atoms with Gasteiger partial charge in [-0.05, 0) is 37.9 Å². The predicted octanol–water partition coefficient (Wildman–Crippen LogP) is 1.94. The number of rotatable bonds is 5. The Hall–Kier alpha value is -2.58. The molecule has 1 spiro atoms.